The van der Waals surface area contributed by atoms with Gasteiger partial charge in [0.15, 0.2) is 5.69 Å². The van der Waals surface area contributed by atoms with Gasteiger partial charge in [0.1, 0.15) is 0 Å². The third-order valence-electron chi connectivity index (χ3n) is 2.49. The van der Waals surface area contributed by atoms with Gasteiger partial charge >= 0.3 is 0 Å². The SMILES string of the molecule is Cc1cccc(NC(=O)c2ncccc2N)c1Br. The second-order valence-electron chi connectivity index (χ2n) is 3.83. The van der Waals surface area contributed by atoms with E-state index in [1.807, 2.05) is 25.1 Å². The van der Waals surface area contributed by atoms with Gasteiger partial charge in [-0.1, -0.05) is 12.1 Å². The minimum atomic E-state index is -0.320. The van der Waals surface area contributed by atoms with E-state index in [0.717, 1.165) is 10.0 Å². The lowest BCUT2D eigenvalue weighted by Gasteiger charge is -2.09. The number of carbonyl (C=O) groups excluding carboxylic acids is 1. The van der Waals surface area contributed by atoms with Crippen molar-refractivity contribution in [2.75, 3.05) is 11.1 Å². The molecule has 18 heavy (non-hydrogen) atoms. The number of carbonyl (C=O) groups is 1. The average Bonchev–Trinajstić information content (AvgIpc) is 2.35. The summed E-state index contributed by atoms with van der Waals surface area (Å²) in [4.78, 5) is 16.0. The maximum absolute atomic E-state index is 12.0. The van der Waals surface area contributed by atoms with Gasteiger partial charge in [-0.15, -0.1) is 0 Å². The van der Waals surface area contributed by atoms with Crippen molar-refractivity contribution in [1.29, 1.82) is 0 Å². The zero-order chi connectivity index (χ0) is 13.1. The van der Waals surface area contributed by atoms with Crippen LogP contribution in [0.4, 0.5) is 11.4 Å². The molecular formula is C13H12BrN3O. The number of nitrogens with zero attached hydrogens (tertiary/aromatic N) is 1. The Labute approximate surface area is 113 Å². The van der Waals surface area contributed by atoms with Crippen molar-refractivity contribution in [3.63, 3.8) is 0 Å². The van der Waals surface area contributed by atoms with E-state index in [-0.39, 0.29) is 11.6 Å². The van der Waals surface area contributed by atoms with Crippen molar-refractivity contribution in [3.05, 3.63) is 52.3 Å². The Morgan fingerprint density at radius 3 is 2.83 bits per heavy atom. The van der Waals surface area contributed by atoms with Gasteiger partial charge in [0.2, 0.25) is 0 Å². The molecule has 3 N–H and O–H groups in total. The summed E-state index contributed by atoms with van der Waals surface area (Å²) < 4.78 is 0.854. The number of anilines is 2. The number of nitrogens with one attached hydrogen (secondary N) is 1. The summed E-state index contributed by atoms with van der Waals surface area (Å²) in [5.41, 5.74) is 8.04. The summed E-state index contributed by atoms with van der Waals surface area (Å²) in [5.74, 6) is -0.320. The first-order chi connectivity index (χ1) is 8.59. The van der Waals surface area contributed by atoms with E-state index in [1.54, 1.807) is 12.1 Å². The number of benzene rings is 1. The van der Waals surface area contributed by atoms with Crippen molar-refractivity contribution in [2.24, 2.45) is 0 Å². The minimum absolute atomic E-state index is 0.228. The number of amides is 1. The fourth-order valence-corrected chi connectivity index (χ4v) is 1.90. The largest absolute Gasteiger partial charge is 0.397 e. The first kappa shape index (κ1) is 12.6. The Morgan fingerprint density at radius 1 is 1.33 bits per heavy atom. The molecule has 92 valence electrons. The standard InChI is InChI=1S/C13H12BrN3O/c1-8-4-2-6-10(11(8)14)17-13(18)12-9(15)5-3-7-16-12/h2-7H,15H2,1H3,(H,17,18). The van der Waals surface area contributed by atoms with Crippen LogP contribution in [0.25, 0.3) is 0 Å². The number of pyridine rings is 1. The maximum Gasteiger partial charge on any atom is 0.276 e. The Bertz CT molecular complexity index is 599. The van der Waals surface area contributed by atoms with Gasteiger partial charge in [-0.25, -0.2) is 4.98 Å². The van der Waals surface area contributed by atoms with Gasteiger partial charge in [-0.2, -0.15) is 0 Å². The molecule has 2 rings (SSSR count). The van der Waals surface area contributed by atoms with Crippen LogP contribution < -0.4 is 11.1 Å². The van der Waals surface area contributed by atoms with E-state index in [0.29, 0.717) is 11.4 Å². The summed E-state index contributed by atoms with van der Waals surface area (Å²) in [7, 11) is 0. The first-order valence-electron chi connectivity index (χ1n) is 5.36. The molecule has 2 aromatic rings. The highest BCUT2D eigenvalue weighted by Gasteiger charge is 2.12. The van der Waals surface area contributed by atoms with Crippen LogP contribution in [-0.4, -0.2) is 10.9 Å². The zero-order valence-electron chi connectivity index (χ0n) is 9.77. The topological polar surface area (TPSA) is 68.0 Å². The first-order valence-corrected chi connectivity index (χ1v) is 6.16. The molecule has 0 aliphatic carbocycles. The number of nitrogens with two attached hydrogens (primary N) is 1. The summed E-state index contributed by atoms with van der Waals surface area (Å²) in [6, 6.07) is 8.97. The van der Waals surface area contributed by atoms with Crippen molar-refractivity contribution in [2.45, 2.75) is 6.92 Å². The van der Waals surface area contributed by atoms with Crippen LogP contribution in [0.1, 0.15) is 16.1 Å². The summed E-state index contributed by atoms with van der Waals surface area (Å²) in [6.45, 7) is 1.95. The molecule has 4 nitrogen and oxygen atoms in total. The number of hydrogen-bond acceptors (Lipinski definition) is 3. The molecule has 0 atom stereocenters. The van der Waals surface area contributed by atoms with Gasteiger partial charge in [0.05, 0.1) is 11.4 Å². The lowest BCUT2D eigenvalue weighted by atomic mass is 10.2. The van der Waals surface area contributed by atoms with Crippen molar-refractivity contribution in [1.82, 2.24) is 4.98 Å². The fourth-order valence-electron chi connectivity index (χ4n) is 1.53. The molecule has 0 fully saturated rings. The molecule has 0 aliphatic heterocycles. The lowest BCUT2D eigenvalue weighted by molar-refractivity contribution is 0.102. The number of aryl methyl sites for hydroxylation is 1. The highest BCUT2D eigenvalue weighted by Crippen LogP contribution is 2.26. The number of aromatic nitrogens is 1. The predicted molar refractivity (Wildman–Crippen MR) is 75.5 cm³/mol. The minimum Gasteiger partial charge on any atom is -0.397 e. The molecule has 1 amide bonds. The average molecular weight is 306 g/mol. The third kappa shape index (κ3) is 2.51. The third-order valence-corrected chi connectivity index (χ3v) is 3.55. The smallest absolute Gasteiger partial charge is 0.276 e. The van der Waals surface area contributed by atoms with E-state index in [9.17, 15) is 4.79 Å². The van der Waals surface area contributed by atoms with Crippen LogP contribution in [0.5, 0.6) is 0 Å². The molecule has 0 saturated heterocycles. The Morgan fingerprint density at radius 2 is 2.11 bits per heavy atom. The molecule has 0 saturated carbocycles. The molecule has 0 radical (unpaired) electrons. The number of halogens is 1. The van der Waals surface area contributed by atoms with E-state index < -0.39 is 0 Å². The quantitative estimate of drug-likeness (QED) is 0.896. The van der Waals surface area contributed by atoms with Gasteiger partial charge in [0, 0.05) is 10.7 Å². The monoisotopic (exact) mass is 305 g/mol. The Kier molecular flexibility index (Phi) is 3.62. The van der Waals surface area contributed by atoms with Crippen molar-refractivity contribution in [3.8, 4) is 0 Å². The second-order valence-corrected chi connectivity index (χ2v) is 4.62. The lowest BCUT2D eigenvalue weighted by Crippen LogP contribution is -2.16. The van der Waals surface area contributed by atoms with Crippen LogP contribution in [0, 0.1) is 6.92 Å². The molecule has 1 aromatic heterocycles. The molecule has 5 heteroatoms. The van der Waals surface area contributed by atoms with Crippen LogP contribution in [0.2, 0.25) is 0 Å². The maximum atomic E-state index is 12.0. The molecule has 1 heterocycles. The van der Waals surface area contributed by atoms with E-state index in [2.05, 4.69) is 26.2 Å². The summed E-state index contributed by atoms with van der Waals surface area (Å²) >= 11 is 3.43. The zero-order valence-corrected chi connectivity index (χ0v) is 11.4. The van der Waals surface area contributed by atoms with Crippen LogP contribution >= 0.6 is 15.9 Å². The van der Waals surface area contributed by atoms with E-state index in [4.69, 9.17) is 5.73 Å². The van der Waals surface area contributed by atoms with E-state index in [1.165, 1.54) is 6.20 Å². The van der Waals surface area contributed by atoms with Crippen molar-refractivity contribution < 1.29 is 4.79 Å². The number of nitrogen functional groups attached to an aromatic ring is 1. The van der Waals surface area contributed by atoms with Crippen LogP contribution in [0.15, 0.2) is 41.0 Å². The second kappa shape index (κ2) is 5.18. The molecule has 0 aliphatic rings. The van der Waals surface area contributed by atoms with E-state index >= 15 is 0 Å². The van der Waals surface area contributed by atoms with Crippen LogP contribution in [-0.2, 0) is 0 Å². The molecular weight excluding hydrogens is 294 g/mol. The normalized spacial score (nSPS) is 10.1. The molecule has 0 bridgehead atoms. The Balaban J connectivity index is 2.27. The number of rotatable bonds is 2. The van der Waals surface area contributed by atoms with Gasteiger partial charge in [0.25, 0.3) is 5.91 Å². The predicted octanol–water partition coefficient (Wildman–Crippen LogP) is 2.99. The Hall–Kier alpha value is -1.88. The summed E-state index contributed by atoms with van der Waals surface area (Å²) in [6.07, 6.45) is 1.54. The van der Waals surface area contributed by atoms with Crippen LogP contribution in [0.3, 0.4) is 0 Å². The van der Waals surface area contributed by atoms with Gasteiger partial charge in [-0.3, -0.25) is 4.79 Å². The summed E-state index contributed by atoms with van der Waals surface area (Å²) in [5, 5.41) is 2.78. The van der Waals surface area contributed by atoms with Crippen molar-refractivity contribution >= 4 is 33.2 Å². The molecule has 1 aromatic carbocycles. The van der Waals surface area contributed by atoms with Gasteiger partial charge < -0.3 is 11.1 Å². The highest BCUT2D eigenvalue weighted by molar-refractivity contribution is 9.10. The van der Waals surface area contributed by atoms with Gasteiger partial charge in [-0.05, 0) is 46.6 Å². The molecule has 0 spiro atoms. The highest BCUT2D eigenvalue weighted by atomic mass is 79.9. The molecule has 0 unspecified atom stereocenters. The fraction of sp³-hybridized carbons (Fsp3) is 0.0769. The number of hydrogen-bond donors (Lipinski definition) is 2.